The standard InChI is InChI=1S/C22H21BO3.2C9H12NO4/c24-23(25)26-18-10-17-22(19-11-4-1-5-12-19,20-13-6-2-7-14-20)21-15-8-3-9-16-21;2*1-2-14-10-6-4-3-5-8(10)9(12)13-7-11/h1-9,11-16H,10,17-18H2;2*3-6,11H,2,7H2,1H3/q-2;2*+1. The lowest BCUT2D eigenvalue weighted by molar-refractivity contribution is -0.892. The van der Waals surface area contributed by atoms with Crippen molar-refractivity contribution in [1.82, 2.24) is 0 Å². The van der Waals surface area contributed by atoms with Gasteiger partial charge in [0.25, 0.3) is 0 Å². The SMILES string of the molecule is CCO[n+]1ccccc1C(=O)OCO.CCO[n+]1ccccc1C(=O)OCO.[O-]B([O-])OCCCC(c1ccccc1)(c1ccccc1)c1ccccc1. The molecule has 2 aromatic heterocycles. The average molecular weight is 741 g/mol. The van der Waals surface area contributed by atoms with Crippen molar-refractivity contribution >= 4 is 19.3 Å². The maximum atomic E-state index is 11.3. The topological polar surface area (TPSA) is 175 Å². The number of esters is 2. The molecule has 0 saturated carbocycles. The minimum atomic E-state index is -2.23. The molecule has 284 valence electrons. The van der Waals surface area contributed by atoms with Crippen LogP contribution in [-0.2, 0) is 19.5 Å². The normalized spacial score (nSPS) is 10.4. The van der Waals surface area contributed by atoms with E-state index in [1.54, 1.807) is 62.6 Å². The summed E-state index contributed by atoms with van der Waals surface area (Å²) in [6.07, 6.45) is 4.53. The van der Waals surface area contributed by atoms with Crippen molar-refractivity contribution in [2.75, 3.05) is 33.4 Å². The van der Waals surface area contributed by atoms with Crippen molar-refractivity contribution < 1.29 is 63.1 Å². The molecule has 0 atom stereocenters. The van der Waals surface area contributed by atoms with Crippen LogP contribution in [-0.4, -0.2) is 62.9 Å². The highest BCUT2D eigenvalue weighted by atomic mass is 16.7. The summed E-state index contributed by atoms with van der Waals surface area (Å²) in [7, 11) is -2.23. The van der Waals surface area contributed by atoms with Crippen molar-refractivity contribution in [1.29, 1.82) is 0 Å². The van der Waals surface area contributed by atoms with Crippen LogP contribution in [0.3, 0.4) is 0 Å². The fourth-order valence-corrected chi connectivity index (χ4v) is 5.56. The summed E-state index contributed by atoms with van der Waals surface area (Å²) in [6.45, 7) is 3.37. The van der Waals surface area contributed by atoms with E-state index in [9.17, 15) is 19.6 Å². The highest BCUT2D eigenvalue weighted by Crippen LogP contribution is 2.42. The van der Waals surface area contributed by atoms with Crippen molar-refractivity contribution in [3.8, 4) is 0 Å². The van der Waals surface area contributed by atoms with Gasteiger partial charge in [-0.3, -0.25) is 9.68 Å². The Bertz CT molecular complexity index is 1640. The van der Waals surface area contributed by atoms with E-state index in [1.807, 2.05) is 54.6 Å². The van der Waals surface area contributed by atoms with Gasteiger partial charge in [0.2, 0.25) is 12.4 Å². The maximum Gasteiger partial charge on any atom is 0.410 e. The number of ether oxygens (including phenoxy) is 2. The minimum absolute atomic E-state index is 0.159. The molecule has 14 heteroatoms. The van der Waals surface area contributed by atoms with Gasteiger partial charge in [-0.2, -0.15) is 0 Å². The van der Waals surface area contributed by atoms with E-state index < -0.39 is 32.8 Å². The first kappa shape index (κ1) is 42.8. The average Bonchev–Trinajstić information content (AvgIpc) is 3.20. The first-order chi connectivity index (χ1) is 26.3. The molecule has 0 fully saturated rings. The van der Waals surface area contributed by atoms with Crippen molar-refractivity contribution in [2.45, 2.75) is 32.1 Å². The van der Waals surface area contributed by atoms with E-state index in [-0.39, 0.29) is 23.4 Å². The van der Waals surface area contributed by atoms with Gasteiger partial charge >= 0.3 is 23.3 Å². The number of hydrogen-bond acceptors (Lipinski definition) is 11. The van der Waals surface area contributed by atoms with E-state index in [0.29, 0.717) is 19.6 Å². The first-order valence-corrected chi connectivity index (χ1v) is 17.3. The first-order valence-electron chi connectivity index (χ1n) is 17.3. The van der Waals surface area contributed by atoms with Crippen LogP contribution in [0.1, 0.15) is 64.4 Å². The van der Waals surface area contributed by atoms with Gasteiger partial charge < -0.3 is 34.4 Å². The van der Waals surface area contributed by atoms with E-state index in [1.165, 1.54) is 26.2 Å². The Balaban J connectivity index is 0.000000238. The molecule has 0 aliphatic heterocycles. The molecule has 0 radical (unpaired) electrons. The molecule has 2 heterocycles. The quantitative estimate of drug-likeness (QED) is 0.0376. The number of rotatable bonds is 16. The number of nitrogens with zero attached hydrogens (tertiary/aromatic N) is 2. The van der Waals surface area contributed by atoms with Gasteiger partial charge in [0, 0.05) is 45.7 Å². The van der Waals surface area contributed by atoms with Crippen LogP contribution in [0.25, 0.3) is 0 Å². The molecular weight excluding hydrogens is 695 g/mol. The van der Waals surface area contributed by atoms with E-state index in [4.69, 9.17) is 24.5 Å². The minimum Gasteiger partial charge on any atom is -0.871 e. The molecule has 3 aromatic carbocycles. The van der Waals surface area contributed by atoms with Crippen LogP contribution in [0.4, 0.5) is 0 Å². The van der Waals surface area contributed by atoms with Gasteiger partial charge in [0.1, 0.15) is 0 Å². The Hall–Kier alpha value is -5.64. The fraction of sp³-hybridized carbons (Fsp3) is 0.250. The number of aliphatic hydroxyl groups excluding tert-OH is 2. The molecule has 0 bridgehead atoms. The predicted molar refractivity (Wildman–Crippen MR) is 193 cm³/mol. The zero-order valence-corrected chi connectivity index (χ0v) is 30.3. The number of aliphatic hydroxyl groups is 2. The summed E-state index contributed by atoms with van der Waals surface area (Å²) in [5, 5.41) is 38.2. The number of carbonyl (C=O) groups is 2. The summed E-state index contributed by atoms with van der Waals surface area (Å²) in [4.78, 5) is 32.8. The Kier molecular flexibility index (Phi) is 18.9. The second-order valence-electron chi connectivity index (χ2n) is 11.0. The smallest absolute Gasteiger partial charge is 0.410 e. The number of hydrogen-bond donors (Lipinski definition) is 2. The lowest BCUT2D eigenvalue weighted by Crippen LogP contribution is -2.48. The number of aromatic nitrogens is 2. The Morgan fingerprint density at radius 3 is 1.31 bits per heavy atom. The second kappa shape index (κ2) is 23.8. The van der Waals surface area contributed by atoms with Crippen molar-refractivity contribution in [2.24, 2.45) is 0 Å². The second-order valence-corrected chi connectivity index (χ2v) is 11.0. The van der Waals surface area contributed by atoms with Crippen LogP contribution < -0.4 is 29.2 Å². The van der Waals surface area contributed by atoms with Crippen LogP contribution in [0.15, 0.2) is 140 Å². The van der Waals surface area contributed by atoms with Gasteiger partial charge in [-0.05, 0) is 55.5 Å². The molecule has 5 aromatic rings. The Morgan fingerprint density at radius 2 is 0.981 bits per heavy atom. The third-order valence-electron chi connectivity index (χ3n) is 7.74. The largest absolute Gasteiger partial charge is 0.871 e. The molecule has 0 unspecified atom stereocenters. The molecule has 2 N–H and O–H groups in total. The van der Waals surface area contributed by atoms with Gasteiger partial charge in [-0.15, -0.1) is 0 Å². The lowest BCUT2D eigenvalue weighted by Gasteiger charge is -2.37. The van der Waals surface area contributed by atoms with Gasteiger partial charge in [-0.25, -0.2) is 9.59 Å². The van der Waals surface area contributed by atoms with E-state index in [0.717, 1.165) is 6.42 Å². The summed E-state index contributed by atoms with van der Waals surface area (Å²) < 4.78 is 16.2. The Labute approximate surface area is 315 Å². The van der Waals surface area contributed by atoms with E-state index >= 15 is 0 Å². The van der Waals surface area contributed by atoms with Crippen molar-refractivity contribution in [3.05, 3.63) is 168 Å². The molecule has 0 saturated heterocycles. The van der Waals surface area contributed by atoms with Crippen LogP contribution in [0.5, 0.6) is 0 Å². The van der Waals surface area contributed by atoms with Crippen molar-refractivity contribution in [3.63, 3.8) is 0 Å². The van der Waals surface area contributed by atoms with Crippen LogP contribution in [0.2, 0.25) is 0 Å². The monoisotopic (exact) mass is 740 g/mol. The summed E-state index contributed by atoms with van der Waals surface area (Å²) in [6, 6.07) is 41.0. The molecule has 0 spiro atoms. The number of carbonyl (C=O) groups excluding carboxylic acids is 2. The molecular formula is C40H45BN2O11. The zero-order valence-electron chi connectivity index (χ0n) is 30.3. The third kappa shape index (κ3) is 12.8. The molecule has 0 aliphatic carbocycles. The number of benzene rings is 3. The van der Waals surface area contributed by atoms with E-state index in [2.05, 4.69) is 45.9 Å². The molecule has 5 rings (SSSR count). The molecule has 0 amide bonds. The highest BCUT2D eigenvalue weighted by molar-refractivity contribution is 6.28. The molecule has 54 heavy (non-hydrogen) atoms. The van der Waals surface area contributed by atoms with Crippen LogP contribution in [0, 0.1) is 0 Å². The summed E-state index contributed by atoms with van der Waals surface area (Å²) in [5.41, 5.74) is 3.65. The van der Waals surface area contributed by atoms with Gasteiger partial charge in [-0.1, -0.05) is 91.0 Å². The maximum absolute atomic E-state index is 11.3. The number of pyridine rings is 2. The fourth-order valence-electron chi connectivity index (χ4n) is 5.56. The molecule has 0 aliphatic rings. The van der Waals surface area contributed by atoms with Gasteiger partial charge in [0.05, 0.1) is 7.32 Å². The predicted octanol–water partition coefficient (Wildman–Crippen LogP) is 1.58. The Morgan fingerprint density at radius 1 is 0.611 bits per heavy atom. The molecule has 13 nitrogen and oxygen atoms in total. The highest BCUT2D eigenvalue weighted by Gasteiger charge is 2.35. The summed E-state index contributed by atoms with van der Waals surface area (Å²) in [5.74, 6) is -1.25. The lowest BCUT2D eigenvalue weighted by atomic mass is 9.67. The summed E-state index contributed by atoms with van der Waals surface area (Å²) >= 11 is 0. The zero-order chi connectivity index (χ0) is 39.0. The van der Waals surface area contributed by atoms with Crippen LogP contribution >= 0.6 is 0 Å². The third-order valence-corrected chi connectivity index (χ3v) is 7.74. The van der Waals surface area contributed by atoms with Gasteiger partial charge in [0.15, 0.2) is 26.8 Å².